The Balaban J connectivity index is 1.84. The molecule has 1 aliphatic heterocycles. The second-order valence-corrected chi connectivity index (χ2v) is 4.86. The first-order valence-electron chi connectivity index (χ1n) is 6.16. The predicted molar refractivity (Wildman–Crippen MR) is 65.6 cm³/mol. The summed E-state index contributed by atoms with van der Waals surface area (Å²) in [5.74, 6) is 0.596. The lowest BCUT2D eigenvalue weighted by Gasteiger charge is -2.30. The molecule has 2 rings (SSSR count). The highest BCUT2D eigenvalue weighted by molar-refractivity contribution is 5.78. The van der Waals surface area contributed by atoms with Gasteiger partial charge in [0.1, 0.15) is 0 Å². The number of amides is 1. The lowest BCUT2D eigenvalue weighted by Crippen LogP contribution is -2.50. The molecule has 2 heterocycles. The Hall–Kier alpha value is -1.36. The van der Waals surface area contributed by atoms with E-state index in [1.54, 1.807) is 0 Å². The van der Waals surface area contributed by atoms with Gasteiger partial charge in [0.05, 0.1) is 12.1 Å². The van der Waals surface area contributed by atoms with E-state index in [4.69, 9.17) is 0 Å². The zero-order chi connectivity index (χ0) is 12.3. The van der Waals surface area contributed by atoms with Crippen molar-refractivity contribution in [2.45, 2.75) is 32.7 Å². The van der Waals surface area contributed by atoms with Crippen LogP contribution in [-0.4, -0.2) is 35.2 Å². The minimum absolute atomic E-state index is 0.0528. The van der Waals surface area contributed by atoms with Gasteiger partial charge in [0.2, 0.25) is 5.91 Å². The van der Waals surface area contributed by atoms with E-state index in [-0.39, 0.29) is 11.9 Å². The molecule has 1 aromatic rings. The number of nitrogens with one attached hydrogen (secondary N) is 3. The SMILES string of the molecule is Cc1cc(CC(=O)NC2CNCCC2C)n[nH]1. The van der Waals surface area contributed by atoms with Crippen LogP contribution in [-0.2, 0) is 11.2 Å². The standard InChI is InChI=1S/C12H20N4O/c1-8-3-4-13-7-11(8)14-12(17)6-10-5-9(2)15-16-10/h5,8,11,13H,3-4,6-7H2,1-2H3,(H,14,17)(H,15,16). The number of carbonyl (C=O) groups excluding carboxylic acids is 1. The van der Waals surface area contributed by atoms with Crippen molar-refractivity contribution in [3.05, 3.63) is 17.5 Å². The maximum atomic E-state index is 11.8. The van der Waals surface area contributed by atoms with Crippen LogP contribution in [0.25, 0.3) is 0 Å². The van der Waals surface area contributed by atoms with Crippen LogP contribution in [0.4, 0.5) is 0 Å². The fraction of sp³-hybridized carbons (Fsp3) is 0.667. The number of aryl methyl sites for hydroxylation is 1. The van der Waals surface area contributed by atoms with Crippen LogP contribution in [0.1, 0.15) is 24.7 Å². The number of carbonyl (C=O) groups is 1. The molecule has 3 N–H and O–H groups in total. The second-order valence-electron chi connectivity index (χ2n) is 4.86. The van der Waals surface area contributed by atoms with Crippen molar-refractivity contribution in [2.75, 3.05) is 13.1 Å². The van der Waals surface area contributed by atoms with Gasteiger partial charge in [0, 0.05) is 18.3 Å². The third-order valence-corrected chi connectivity index (χ3v) is 3.27. The number of hydrogen-bond donors (Lipinski definition) is 3. The van der Waals surface area contributed by atoms with Crippen LogP contribution in [0.5, 0.6) is 0 Å². The number of H-pyrrole nitrogens is 1. The first-order chi connectivity index (χ1) is 8.15. The van der Waals surface area contributed by atoms with Crippen LogP contribution in [0.15, 0.2) is 6.07 Å². The van der Waals surface area contributed by atoms with Gasteiger partial charge >= 0.3 is 0 Å². The van der Waals surface area contributed by atoms with E-state index in [9.17, 15) is 4.79 Å². The molecule has 2 atom stereocenters. The van der Waals surface area contributed by atoms with Crippen molar-refractivity contribution in [3.8, 4) is 0 Å². The molecule has 5 nitrogen and oxygen atoms in total. The molecule has 1 fully saturated rings. The molecule has 1 aromatic heterocycles. The fourth-order valence-electron chi connectivity index (χ4n) is 2.17. The summed E-state index contributed by atoms with van der Waals surface area (Å²) < 4.78 is 0. The molecule has 94 valence electrons. The summed E-state index contributed by atoms with van der Waals surface area (Å²) in [4.78, 5) is 11.8. The Bertz CT molecular complexity index is 388. The van der Waals surface area contributed by atoms with Crippen molar-refractivity contribution in [3.63, 3.8) is 0 Å². The van der Waals surface area contributed by atoms with Gasteiger partial charge in [-0.2, -0.15) is 5.10 Å². The molecule has 17 heavy (non-hydrogen) atoms. The van der Waals surface area contributed by atoms with E-state index in [0.717, 1.165) is 30.9 Å². The van der Waals surface area contributed by atoms with E-state index in [1.807, 2.05) is 13.0 Å². The Morgan fingerprint density at radius 3 is 3.12 bits per heavy atom. The third-order valence-electron chi connectivity index (χ3n) is 3.27. The number of nitrogens with zero attached hydrogens (tertiary/aromatic N) is 1. The molecule has 0 saturated carbocycles. The molecule has 1 aliphatic rings. The normalized spacial score (nSPS) is 24.6. The topological polar surface area (TPSA) is 69.8 Å². The van der Waals surface area contributed by atoms with Crippen molar-refractivity contribution in [1.82, 2.24) is 20.8 Å². The summed E-state index contributed by atoms with van der Waals surface area (Å²) in [5, 5.41) is 13.3. The number of rotatable bonds is 3. The Morgan fingerprint density at radius 1 is 1.65 bits per heavy atom. The Morgan fingerprint density at radius 2 is 2.47 bits per heavy atom. The lowest BCUT2D eigenvalue weighted by atomic mass is 9.95. The van der Waals surface area contributed by atoms with Crippen molar-refractivity contribution < 1.29 is 4.79 Å². The molecule has 2 unspecified atom stereocenters. The summed E-state index contributed by atoms with van der Waals surface area (Å²) in [6.07, 6.45) is 1.47. The first kappa shape index (κ1) is 12.1. The van der Waals surface area contributed by atoms with Gasteiger partial charge < -0.3 is 10.6 Å². The maximum absolute atomic E-state index is 11.8. The second kappa shape index (κ2) is 5.31. The van der Waals surface area contributed by atoms with Gasteiger partial charge in [-0.15, -0.1) is 0 Å². The van der Waals surface area contributed by atoms with Gasteiger partial charge in [-0.1, -0.05) is 6.92 Å². The molecular weight excluding hydrogens is 216 g/mol. The van der Waals surface area contributed by atoms with Gasteiger partial charge in [0.15, 0.2) is 0 Å². The zero-order valence-corrected chi connectivity index (χ0v) is 10.4. The van der Waals surface area contributed by atoms with Gasteiger partial charge in [-0.05, 0) is 31.9 Å². The lowest BCUT2D eigenvalue weighted by molar-refractivity contribution is -0.121. The smallest absolute Gasteiger partial charge is 0.226 e. The maximum Gasteiger partial charge on any atom is 0.226 e. The van der Waals surface area contributed by atoms with E-state index < -0.39 is 0 Å². The highest BCUT2D eigenvalue weighted by Gasteiger charge is 2.22. The Kier molecular flexibility index (Phi) is 3.78. The highest BCUT2D eigenvalue weighted by atomic mass is 16.1. The highest BCUT2D eigenvalue weighted by Crippen LogP contribution is 2.11. The minimum atomic E-state index is 0.0528. The summed E-state index contributed by atoms with van der Waals surface area (Å²) >= 11 is 0. The van der Waals surface area contributed by atoms with Crippen molar-refractivity contribution in [2.24, 2.45) is 5.92 Å². The Labute approximate surface area is 101 Å². The first-order valence-corrected chi connectivity index (χ1v) is 6.16. The zero-order valence-electron chi connectivity index (χ0n) is 10.4. The van der Waals surface area contributed by atoms with Crippen LogP contribution in [0.3, 0.4) is 0 Å². The summed E-state index contributed by atoms with van der Waals surface area (Å²) in [6.45, 7) is 6.03. The van der Waals surface area contributed by atoms with Crippen LogP contribution < -0.4 is 10.6 Å². The van der Waals surface area contributed by atoms with E-state index >= 15 is 0 Å². The average molecular weight is 236 g/mol. The van der Waals surface area contributed by atoms with Crippen LogP contribution in [0.2, 0.25) is 0 Å². The number of hydrogen-bond acceptors (Lipinski definition) is 3. The molecule has 1 saturated heterocycles. The van der Waals surface area contributed by atoms with E-state index in [2.05, 4.69) is 27.8 Å². The summed E-state index contributed by atoms with van der Waals surface area (Å²) in [6, 6.07) is 2.15. The van der Waals surface area contributed by atoms with Crippen LogP contribution >= 0.6 is 0 Å². The molecule has 0 bridgehead atoms. The number of aromatic nitrogens is 2. The minimum Gasteiger partial charge on any atom is -0.351 e. The molecule has 0 aromatic carbocycles. The quantitative estimate of drug-likeness (QED) is 0.710. The average Bonchev–Trinajstić information content (AvgIpc) is 2.67. The van der Waals surface area contributed by atoms with E-state index in [0.29, 0.717) is 12.3 Å². The molecule has 5 heteroatoms. The molecular formula is C12H20N4O. The molecule has 0 aliphatic carbocycles. The van der Waals surface area contributed by atoms with Crippen molar-refractivity contribution in [1.29, 1.82) is 0 Å². The van der Waals surface area contributed by atoms with Gasteiger partial charge in [-0.25, -0.2) is 0 Å². The predicted octanol–water partition coefficient (Wildman–Crippen LogP) is 0.375. The number of aromatic amines is 1. The third kappa shape index (κ3) is 3.30. The monoisotopic (exact) mass is 236 g/mol. The summed E-state index contributed by atoms with van der Waals surface area (Å²) in [5.41, 5.74) is 1.79. The summed E-state index contributed by atoms with van der Waals surface area (Å²) in [7, 11) is 0. The van der Waals surface area contributed by atoms with Crippen LogP contribution in [0, 0.1) is 12.8 Å². The largest absolute Gasteiger partial charge is 0.351 e. The molecule has 0 radical (unpaired) electrons. The van der Waals surface area contributed by atoms with Gasteiger partial charge in [0.25, 0.3) is 0 Å². The van der Waals surface area contributed by atoms with E-state index in [1.165, 1.54) is 0 Å². The van der Waals surface area contributed by atoms with Gasteiger partial charge in [-0.3, -0.25) is 9.89 Å². The molecule has 0 spiro atoms. The molecule has 1 amide bonds. The van der Waals surface area contributed by atoms with Crippen molar-refractivity contribution >= 4 is 5.91 Å². The fourth-order valence-corrected chi connectivity index (χ4v) is 2.17. The number of piperidine rings is 1.